The molecule has 0 amide bonds. The van der Waals surface area contributed by atoms with Crippen molar-refractivity contribution in [2.75, 3.05) is 18.0 Å². The van der Waals surface area contributed by atoms with Crippen molar-refractivity contribution in [1.29, 1.82) is 0 Å². The maximum atomic E-state index is 4.49. The molecule has 1 aromatic heterocycles. The molecule has 0 radical (unpaired) electrons. The van der Waals surface area contributed by atoms with Crippen LogP contribution in [0, 0.1) is 0 Å². The van der Waals surface area contributed by atoms with Gasteiger partial charge in [0.05, 0.1) is 0 Å². The van der Waals surface area contributed by atoms with E-state index in [2.05, 4.69) is 28.7 Å². The molecule has 0 unspecified atom stereocenters. The maximum Gasteiger partial charge on any atom is 0.225 e. The summed E-state index contributed by atoms with van der Waals surface area (Å²) in [5, 5.41) is 0. The first-order valence-corrected chi connectivity index (χ1v) is 11.9. The Labute approximate surface area is 169 Å². The summed E-state index contributed by atoms with van der Waals surface area (Å²) in [6.45, 7) is 6.78. The van der Waals surface area contributed by atoms with E-state index in [1.807, 2.05) is 18.5 Å². The predicted molar refractivity (Wildman–Crippen MR) is 119 cm³/mol. The second-order valence-corrected chi connectivity index (χ2v) is 7.99. The molecule has 0 bridgehead atoms. The molecule has 0 fully saturated rings. The smallest absolute Gasteiger partial charge is 0.225 e. The monoisotopic (exact) mass is 375 g/mol. The third kappa shape index (κ3) is 13.7. The summed E-state index contributed by atoms with van der Waals surface area (Å²) >= 11 is 0. The summed E-state index contributed by atoms with van der Waals surface area (Å²) in [6, 6.07) is 1.91. The highest BCUT2D eigenvalue weighted by atomic mass is 15.2. The molecule has 0 aliphatic rings. The summed E-state index contributed by atoms with van der Waals surface area (Å²) in [5.74, 6) is 0.920. The average molecular weight is 376 g/mol. The van der Waals surface area contributed by atoms with Crippen LogP contribution in [0.15, 0.2) is 18.5 Å². The van der Waals surface area contributed by atoms with E-state index in [1.165, 1.54) is 103 Å². The first kappa shape index (κ1) is 23.9. The van der Waals surface area contributed by atoms with Crippen molar-refractivity contribution in [1.82, 2.24) is 9.97 Å². The van der Waals surface area contributed by atoms with Gasteiger partial charge in [0.2, 0.25) is 5.95 Å². The van der Waals surface area contributed by atoms with Crippen molar-refractivity contribution in [3.63, 3.8) is 0 Å². The zero-order valence-corrected chi connectivity index (χ0v) is 18.3. The summed E-state index contributed by atoms with van der Waals surface area (Å²) in [6.07, 6.45) is 25.7. The van der Waals surface area contributed by atoms with Gasteiger partial charge in [0.15, 0.2) is 0 Å². The minimum atomic E-state index is 0.920. The van der Waals surface area contributed by atoms with Crippen LogP contribution in [0.1, 0.15) is 117 Å². The minimum Gasteiger partial charge on any atom is -0.341 e. The molecule has 0 saturated carbocycles. The Hall–Kier alpha value is -1.12. The highest BCUT2D eigenvalue weighted by molar-refractivity contribution is 5.27. The number of anilines is 1. The molecule has 0 aromatic carbocycles. The molecule has 1 heterocycles. The lowest BCUT2D eigenvalue weighted by Gasteiger charge is -2.22. The molecule has 0 spiro atoms. The van der Waals surface area contributed by atoms with Crippen molar-refractivity contribution >= 4 is 5.95 Å². The quantitative estimate of drug-likeness (QED) is 0.233. The van der Waals surface area contributed by atoms with Crippen LogP contribution in [0.5, 0.6) is 0 Å². The largest absolute Gasteiger partial charge is 0.341 e. The molecule has 0 N–H and O–H groups in total. The van der Waals surface area contributed by atoms with Crippen LogP contribution < -0.4 is 4.90 Å². The maximum absolute atomic E-state index is 4.49. The lowest BCUT2D eigenvalue weighted by atomic mass is 10.1. The lowest BCUT2D eigenvalue weighted by Crippen LogP contribution is -2.27. The zero-order valence-electron chi connectivity index (χ0n) is 18.3. The molecule has 1 rings (SSSR count). The average Bonchev–Trinajstić information content (AvgIpc) is 2.71. The van der Waals surface area contributed by atoms with E-state index >= 15 is 0 Å². The van der Waals surface area contributed by atoms with E-state index in [-0.39, 0.29) is 0 Å². The lowest BCUT2D eigenvalue weighted by molar-refractivity contribution is 0.552. The van der Waals surface area contributed by atoms with Gasteiger partial charge in [0.1, 0.15) is 0 Å². The van der Waals surface area contributed by atoms with Gasteiger partial charge < -0.3 is 4.90 Å². The Morgan fingerprint density at radius 2 is 0.926 bits per heavy atom. The van der Waals surface area contributed by atoms with Crippen LogP contribution in [-0.4, -0.2) is 23.1 Å². The summed E-state index contributed by atoms with van der Waals surface area (Å²) in [7, 11) is 0. The Kier molecular flexibility index (Phi) is 16.2. The molecule has 1 aromatic rings. The van der Waals surface area contributed by atoms with E-state index in [0.717, 1.165) is 19.0 Å². The van der Waals surface area contributed by atoms with Crippen LogP contribution in [0.2, 0.25) is 0 Å². The van der Waals surface area contributed by atoms with E-state index in [1.54, 1.807) is 0 Å². The fourth-order valence-electron chi connectivity index (χ4n) is 3.64. The van der Waals surface area contributed by atoms with Crippen LogP contribution in [0.25, 0.3) is 0 Å². The predicted octanol–water partition coefficient (Wildman–Crippen LogP) is 7.56. The third-order valence-corrected chi connectivity index (χ3v) is 5.40. The summed E-state index contributed by atoms with van der Waals surface area (Å²) < 4.78 is 0. The van der Waals surface area contributed by atoms with Crippen LogP contribution in [0.3, 0.4) is 0 Å². The van der Waals surface area contributed by atoms with Crippen molar-refractivity contribution < 1.29 is 0 Å². The molecule has 3 heteroatoms. The van der Waals surface area contributed by atoms with E-state index in [0.29, 0.717) is 0 Å². The Balaban J connectivity index is 2.17. The van der Waals surface area contributed by atoms with Gasteiger partial charge in [0.25, 0.3) is 0 Å². The molecule has 0 atom stereocenters. The van der Waals surface area contributed by atoms with Gasteiger partial charge in [-0.05, 0) is 18.9 Å². The van der Waals surface area contributed by atoms with Crippen LogP contribution in [-0.2, 0) is 0 Å². The number of hydrogen-bond donors (Lipinski definition) is 0. The Morgan fingerprint density at radius 3 is 1.33 bits per heavy atom. The van der Waals surface area contributed by atoms with E-state index in [9.17, 15) is 0 Å². The standard InChI is InChI=1S/C24H45N3/c1-3-5-7-9-11-13-15-17-22-27(24-25-20-19-21-26-24)23-18-16-14-12-10-8-6-4-2/h19-21H,3-18,22-23H2,1-2H3. The molecule has 156 valence electrons. The summed E-state index contributed by atoms with van der Waals surface area (Å²) in [4.78, 5) is 11.4. The van der Waals surface area contributed by atoms with E-state index in [4.69, 9.17) is 0 Å². The highest BCUT2D eigenvalue weighted by Gasteiger charge is 2.08. The van der Waals surface area contributed by atoms with Crippen LogP contribution >= 0.6 is 0 Å². The van der Waals surface area contributed by atoms with E-state index < -0.39 is 0 Å². The number of aromatic nitrogens is 2. The van der Waals surface area contributed by atoms with Gasteiger partial charge in [-0.25, -0.2) is 9.97 Å². The molecule has 3 nitrogen and oxygen atoms in total. The molecule has 27 heavy (non-hydrogen) atoms. The fourth-order valence-corrected chi connectivity index (χ4v) is 3.64. The fraction of sp³-hybridized carbons (Fsp3) is 0.833. The van der Waals surface area contributed by atoms with Crippen molar-refractivity contribution in [3.8, 4) is 0 Å². The van der Waals surface area contributed by atoms with Crippen LogP contribution in [0.4, 0.5) is 5.95 Å². The van der Waals surface area contributed by atoms with Crippen molar-refractivity contribution in [2.45, 2.75) is 117 Å². The molecule has 0 aliphatic heterocycles. The van der Waals surface area contributed by atoms with Gasteiger partial charge in [-0.1, -0.05) is 104 Å². The molecule has 0 aliphatic carbocycles. The van der Waals surface area contributed by atoms with Gasteiger partial charge in [0, 0.05) is 25.5 Å². The Morgan fingerprint density at radius 1 is 0.556 bits per heavy atom. The second kappa shape index (κ2) is 18.3. The minimum absolute atomic E-state index is 0.920. The highest BCUT2D eigenvalue weighted by Crippen LogP contribution is 2.14. The van der Waals surface area contributed by atoms with Gasteiger partial charge in [-0.15, -0.1) is 0 Å². The zero-order chi connectivity index (χ0) is 19.4. The van der Waals surface area contributed by atoms with Crippen molar-refractivity contribution in [2.24, 2.45) is 0 Å². The third-order valence-electron chi connectivity index (χ3n) is 5.40. The molecular formula is C24H45N3. The van der Waals surface area contributed by atoms with Gasteiger partial charge >= 0.3 is 0 Å². The normalized spacial score (nSPS) is 11.0. The van der Waals surface area contributed by atoms with Crippen molar-refractivity contribution in [3.05, 3.63) is 18.5 Å². The Bertz CT molecular complexity index is 387. The molecular weight excluding hydrogens is 330 g/mol. The molecule has 0 saturated heterocycles. The van der Waals surface area contributed by atoms with Gasteiger partial charge in [-0.2, -0.15) is 0 Å². The number of hydrogen-bond acceptors (Lipinski definition) is 3. The first-order chi connectivity index (χ1) is 13.4. The number of nitrogens with zero attached hydrogens (tertiary/aromatic N) is 3. The number of rotatable bonds is 19. The second-order valence-electron chi connectivity index (χ2n) is 7.99. The SMILES string of the molecule is CCCCCCCCCCN(CCCCCCCCCC)c1ncccn1. The topological polar surface area (TPSA) is 29.0 Å². The summed E-state index contributed by atoms with van der Waals surface area (Å²) in [5.41, 5.74) is 0. The van der Waals surface area contributed by atoms with Gasteiger partial charge in [-0.3, -0.25) is 0 Å². The first-order valence-electron chi connectivity index (χ1n) is 11.9. The number of unbranched alkanes of at least 4 members (excludes halogenated alkanes) is 14.